The largest absolute Gasteiger partial charge is 0.465 e. The fraction of sp³-hybridized carbons (Fsp3) is 0.133. The molecular formula is C30H28N2O3. The third kappa shape index (κ3) is 5.58. The second-order valence-electron chi connectivity index (χ2n) is 8.51. The minimum atomic E-state index is -0.414. The molecule has 5 heteroatoms. The highest BCUT2D eigenvalue weighted by molar-refractivity contribution is 6.04. The maximum atomic E-state index is 12.8. The highest BCUT2D eigenvalue weighted by Gasteiger charge is 2.12. The van der Waals surface area contributed by atoms with Crippen LogP contribution in [0.25, 0.3) is 11.1 Å². The summed E-state index contributed by atoms with van der Waals surface area (Å²) in [6.07, 6.45) is 0. The van der Waals surface area contributed by atoms with Gasteiger partial charge in [-0.15, -0.1) is 0 Å². The van der Waals surface area contributed by atoms with Gasteiger partial charge in [-0.2, -0.15) is 0 Å². The number of carbonyl (C=O) groups is 2. The van der Waals surface area contributed by atoms with Gasteiger partial charge in [-0.05, 0) is 71.1 Å². The topological polar surface area (TPSA) is 67.4 Å². The van der Waals surface area contributed by atoms with Crippen molar-refractivity contribution in [1.29, 1.82) is 0 Å². The molecule has 4 aromatic rings. The number of para-hydroxylation sites is 1. The fourth-order valence-electron chi connectivity index (χ4n) is 3.94. The van der Waals surface area contributed by atoms with Crippen molar-refractivity contribution in [3.8, 4) is 11.1 Å². The Balaban J connectivity index is 1.44. The molecule has 0 aromatic heterocycles. The Labute approximate surface area is 205 Å². The van der Waals surface area contributed by atoms with Gasteiger partial charge in [0.1, 0.15) is 0 Å². The van der Waals surface area contributed by atoms with Gasteiger partial charge < -0.3 is 15.4 Å². The van der Waals surface area contributed by atoms with Crippen molar-refractivity contribution in [2.24, 2.45) is 0 Å². The highest BCUT2D eigenvalue weighted by Crippen LogP contribution is 2.30. The molecule has 0 heterocycles. The van der Waals surface area contributed by atoms with Gasteiger partial charge in [-0.25, -0.2) is 4.79 Å². The van der Waals surface area contributed by atoms with E-state index in [1.807, 2.05) is 36.4 Å². The molecule has 1 amide bonds. The average Bonchev–Trinajstić information content (AvgIpc) is 2.89. The molecule has 0 bridgehead atoms. The Bertz CT molecular complexity index is 1330. The van der Waals surface area contributed by atoms with Gasteiger partial charge in [0.25, 0.3) is 5.91 Å². The third-order valence-electron chi connectivity index (χ3n) is 5.80. The number of amides is 1. The molecule has 5 nitrogen and oxygen atoms in total. The highest BCUT2D eigenvalue weighted by atomic mass is 16.5. The molecule has 0 aliphatic rings. The summed E-state index contributed by atoms with van der Waals surface area (Å²) in [5.41, 5.74) is 6.72. The molecule has 4 rings (SSSR count). The van der Waals surface area contributed by atoms with Crippen LogP contribution in [0.2, 0.25) is 0 Å². The van der Waals surface area contributed by atoms with Crippen LogP contribution in [0.15, 0.2) is 97.1 Å². The first-order valence-electron chi connectivity index (χ1n) is 11.5. The van der Waals surface area contributed by atoms with Gasteiger partial charge in [0.05, 0.1) is 18.4 Å². The first-order valence-corrected chi connectivity index (χ1v) is 11.5. The van der Waals surface area contributed by atoms with E-state index in [0.717, 1.165) is 16.9 Å². The SMILES string of the molecule is COC(=O)c1ccccc1Nc1ccc(C(=O)Nc2ccc(-c3ccccc3C(C)C)cc2)cc1. The first kappa shape index (κ1) is 23.8. The van der Waals surface area contributed by atoms with E-state index in [2.05, 4.69) is 42.7 Å². The van der Waals surface area contributed by atoms with E-state index in [4.69, 9.17) is 4.74 Å². The average molecular weight is 465 g/mol. The van der Waals surface area contributed by atoms with E-state index in [1.54, 1.807) is 42.5 Å². The summed E-state index contributed by atoms with van der Waals surface area (Å²) >= 11 is 0. The standard InChI is InChI=1S/C30H28N2O3/c1-20(2)25-8-4-5-9-26(25)21-12-16-24(17-13-21)32-29(33)22-14-18-23(19-15-22)31-28-11-7-6-10-27(28)30(34)35-3/h4-20,31H,1-3H3,(H,32,33). The summed E-state index contributed by atoms with van der Waals surface area (Å²) in [4.78, 5) is 24.7. The third-order valence-corrected chi connectivity index (χ3v) is 5.80. The smallest absolute Gasteiger partial charge is 0.339 e. The summed E-state index contributed by atoms with van der Waals surface area (Å²) in [7, 11) is 1.35. The zero-order chi connectivity index (χ0) is 24.8. The number of methoxy groups -OCH3 is 1. The van der Waals surface area contributed by atoms with Crippen molar-refractivity contribution >= 4 is 28.9 Å². The lowest BCUT2D eigenvalue weighted by molar-refractivity contribution is 0.0601. The molecule has 0 spiro atoms. The van der Waals surface area contributed by atoms with Crippen molar-refractivity contribution in [1.82, 2.24) is 0 Å². The molecule has 0 aliphatic heterocycles. The molecule has 35 heavy (non-hydrogen) atoms. The van der Waals surface area contributed by atoms with Crippen LogP contribution < -0.4 is 10.6 Å². The molecular weight excluding hydrogens is 436 g/mol. The number of carbonyl (C=O) groups excluding carboxylic acids is 2. The molecule has 0 saturated heterocycles. The Morgan fingerprint density at radius 3 is 2.06 bits per heavy atom. The van der Waals surface area contributed by atoms with E-state index >= 15 is 0 Å². The lowest BCUT2D eigenvalue weighted by atomic mass is 9.92. The predicted molar refractivity (Wildman–Crippen MR) is 141 cm³/mol. The van der Waals surface area contributed by atoms with E-state index in [9.17, 15) is 9.59 Å². The second-order valence-corrected chi connectivity index (χ2v) is 8.51. The van der Waals surface area contributed by atoms with Gasteiger partial charge >= 0.3 is 5.97 Å². The monoisotopic (exact) mass is 464 g/mol. The van der Waals surface area contributed by atoms with Crippen LogP contribution in [0, 0.1) is 0 Å². The number of esters is 1. The molecule has 176 valence electrons. The van der Waals surface area contributed by atoms with Crippen LogP contribution in [-0.2, 0) is 4.74 Å². The lowest BCUT2D eigenvalue weighted by Crippen LogP contribution is -2.11. The van der Waals surface area contributed by atoms with E-state index < -0.39 is 5.97 Å². The minimum absolute atomic E-state index is 0.193. The molecule has 2 N–H and O–H groups in total. The zero-order valence-electron chi connectivity index (χ0n) is 20.0. The number of ether oxygens (including phenoxy) is 1. The minimum Gasteiger partial charge on any atom is -0.465 e. The summed E-state index contributed by atoms with van der Waals surface area (Å²) in [5.74, 6) is -0.179. The summed E-state index contributed by atoms with van der Waals surface area (Å²) in [6.45, 7) is 4.37. The van der Waals surface area contributed by atoms with Gasteiger partial charge in [0.15, 0.2) is 0 Å². The molecule has 0 fully saturated rings. The molecule has 4 aromatic carbocycles. The Morgan fingerprint density at radius 1 is 0.743 bits per heavy atom. The normalized spacial score (nSPS) is 10.6. The number of nitrogens with one attached hydrogen (secondary N) is 2. The summed E-state index contributed by atoms with van der Waals surface area (Å²) in [6, 6.07) is 30.5. The molecule has 0 atom stereocenters. The molecule has 0 unspecified atom stereocenters. The predicted octanol–water partition coefficient (Wildman–Crippen LogP) is 7.26. The Kier molecular flexibility index (Phi) is 7.27. The number of hydrogen-bond donors (Lipinski definition) is 2. The van der Waals surface area contributed by atoms with Crippen molar-refractivity contribution in [2.45, 2.75) is 19.8 Å². The number of rotatable bonds is 7. The quantitative estimate of drug-likeness (QED) is 0.283. The van der Waals surface area contributed by atoms with Crippen molar-refractivity contribution < 1.29 is 14.3 Å². The zero-order valence-corrected chi connectivity index (χ0v) is 20.0. The Morgan fingerprint density at radius 2 is 1.37 bits per heavy atom. The number of anilines is 3. The summed E-state index contributed by atoms with van der Waals surface area (Å²) in [5, 5.41) is 6.16. The van der Waals surface area contributed by atoms with E-state index in [1.165, 1.54) is 18.2 Å². The number of benzene rings is 4. The van der Waals surface area contributed by atoms with Crippen LogP contribution in [0.1, 0.15) is 46.0 Å². The van der Waals surface area contributed by atoms with Crippen molar-refractivity contribution in [3.05, 3.63) is 114 Å². The first-order chi connectivity index (χ1) is 17.0. The van der Waals surface area contributed by atoms with Crippen LogP contribution in [-0.4, -0.2) is 19.0 Å². The van der Waals surface area contributed by atoms with Gasteiger partial charge in [-0.3, -0.25) is 4.79 Å². The fourth-order valence-corrected chi connectivity index (χ4v) is 3.94. The molecule has 0 saturated carbocycles. The molecule has 0 aliphatic carbocycles. The lowest BCUT2D eigenvalue weighted by Gasteiger charge is -2.13. The van der Waals surface area contributed by atoms with Crippen LogP contribution in [0.3, 0.4) is 0 Å². The van der Waals surface area contributed by atoms with Gasteiger partial charge in [-0.1, -0.05) is 62.4 Å². The van der Waals surface area contributed by atoms with Gasteiger partial charge in [0.2, 0.25) is 0 Å². The van der Waals surface area contributed by atoms with E-state index in [0.29, 0.717) is 22.7 Å². The van der Waals surface area contributed by atoms with E-state index in [-0.39, 0.29) is 5.91 Å². The van der Waals surface area contributed by atoms with Crippen LogP contribution in [0.4, 0.5) is 17.1 Å². The number of hydrogen-bond acceptors (Lipinski definition) is 4. The van der Waals surface area contributed by atoms with Gasteiger partial charge in [0, 0.05) is 16.9 Å². The maximum Gasteiger partial charge on any atom is 0.339 e. The van der Waals surface area contributed by atoms with Crippen LogP contribution >= 0.6 is 0 Å². The second kappa shape index (κ2) is 10.7. The van der Waals surface area contributed by atoms with Crippen LogP contribution in [0.5, 0.6) is 0 Å². The Hall–Kier alpha value is -4.38. The maximum absolute atomic E-state index is 12.8. The van der Waals surface area contributed by atoms with Crippen molar-refractivity contribution in [2.75, 3.05) is 17.7 Å². The molecule has 0 radical (unpaired) electrons. The van der Waals surface area contributed by atoms with Crippen molar-refractivity contribution in [3.63, 3.8) is 0 Å². The summed E-state index contributed by atoms with van der Waals surface area (Å²) < 4.78 is 4.84.